The molecule has 0 atom stereocenters. The molecule has 5 aromatic rings. The van der Waals surface area contributed by atoms with Crippen molar-refractivity contribution >= 4 is 22.0 Å². The molecule has 0 unspecified atom stereocenters. The van der Waals surface area contributed by atoms with Crippen LogP contribution in [0.5, 0.6) is 11.6 Å². The van der Waals surface area contributed by atoms with Crippen LogP contribution in [-0.4, -0.2) is 19.7 Å². The van der Waals surface area contributed by atoms with Crippen molar-refractivity contribution in [2.24, 2.45) is 0 Å². The molecule has 3 aromatic heterocycles. The highest BCUT2D eigenvalue weighted by molar-refractivity contribution is 5.83. The molecule has 0 spiro atoms. The Morgan fingerprint density at radius 3 is 2.63 bits per heavy atom. The van der Waals surface area contributed by atoms with E-state index < -0.39 is 5.63 Å². The number of hydrogen-bond acceptors (Lipinski definition) is 6. The van der Waals surface area contributed by atoms with Gasteiger partial charge in [0.2, 0.25) is 5.88 Å². The van der Waals surface area contributed by atoms with Gasteiger partial charge >= 0.3 is 5.63 Å². The van der Waals surface area contributed by atoms with Gasteiger partial charge in [0.05, 0.1) is 11.9 Å². The maximum absolute atomic E-state index is 11.7. The van der Waals surface area contributed by atoms with E-state index in [0.717, 1.165) is 22.2 Å². The van der Waals surface area contributed by atoms with Crippen LogP contribution in [-0.2, 0) is 0 Å². The number of hydrogen-bond donors (Lipinski definition) is 0. The lowest BCUT2D eigenvalue weighted by Gasteiger charge is -2.09. The fourth-order valence-corrected chi connectivity index (χ4v) is 3.60. The Kier molecular flexibility index (Phi) is 4.10. The Morgan fingerprint density at radius 2 is 1.80 bits per heavy atom. The molecule has 3 heterocycles. The van der Waals surface area contributed by atoms with Crippen molar-refractivity contribution in [1.82, 2.24) is 19.7 Å². The van der Waals surface area contributed by atoms with Crippen LogP contribution in [0.25, 0.3) is 27.7 Å². The maximum Gasteiger partial charge on any atom is 0.336 e. The molecule has 148 valence electrons. The van der Waals surface area contributed by atoms with E-state index in [0.29, 0.717) is 28.2 Å². The van der Waals surface area contributed by atoms with E-state index in [2.05, 4.69) is 28.1 Å². The van der Waals surface area contributed by atoms with Gasteiger partial charge in [0, 0.05) is 17.5 Å². The molecule has 2 aromatic carbocycles. The van der Waals surface area contributed by atoms with Crippen molar-refractivity contribution in [3.8, 4) is 17.3 Å². The summed E-state index contributed by atoms with van der Waals surface area (Å²) in [5.41, 5.74) is 4.81. The zero-order chi connectivity index (χ0) is 20.8. The summed E-state index contributed by atoms with van der Waals surface area (Å²) >= 11 is 0. The monoisotopic (exact) mass is 398 g/mol. The van der Waals surface area contributed by atoms with Crippen LogP contribution in [0, 0.1) is 20.8 Å². The smallest absolute Gasteiger partial charge is 0.336 e. The molecule has 0 fully saturated rings. The van der Waals surface area contributed by atoms with E-state index in [9.17, 15) is 4.79 Å². The molecular formula is C23H18N4O3. The Morgan fingerprint density at radius 1 is 0.933 bits per heavy atom. The zero-order valence-corrected chi connectivity index (χ0v) is 16.7. The summed E-state index contributed by atoms with van der Waals surface area (Å²) in [6.45, 7) is 5.97. The van der Waals surface area contributed by atoms with Gasteiger partial charge in [-0.1, -0.05) is 17.7 Å². The maximum atomic E-state index is 11.7. The quantitative estimate of drug-likeness (QED) is 0.412. The van der Waals surface area contributed by atoms with Crippen LogP contribution < -0.4 is 10.4 Å². The SMILES string of the molecule is Cc1ccc(-n2ncc3c(Oc4ccc5c(C)cc(=O)oc5c4)ncnc32)c(C)c1. The average molecular weight is 398 g/mol. The Bertz CT molecular complexity index is 1480. The van der Waals surface area contributed by atoms with Gasteiger partial charge < -0.3 is 9.15 Å². The highest BCUT2D eigenvalue weighted by Crippen LogP contribution is 2.30. The van der Waals surface area contributed by atoms with E-state index in [4.69, 9.17) is 9.15 Å². The van der Waals surface area contributed by atoms with Crippen molar-refractivity contribution < 1.29 is 9.15 Å². The van der Waals surface area contributed by atoms with Crippen molar-refractivity contribution in [3.05, 3.63) is 82.1 Å². The summed E-state index contributed by atoms with van der Waals surface area (Å²) in [6, 6.07) is 13.0. The number of benzene rings is 2. The first-order valence-electron chi connectivity index (χ1n) is 9.48. The summed E-state index contributed by atoms with van der Waals surface area (Å²) in [5.74, 6) is 0.890. The first-order valence-corrected chi connectivity index (χ1v) is 9.48. The lowest BCUT2D eigenvalue weighted by Crippen LogP contribution is -2.01. The number of rotatable bonds is 3. The second kappa shape index (κ2) is 6.81. The molecule has 0 saturated heterocycles. The van der Waals surface area contributed by atoms with E-state index >= 15 is 0 Å². The van der Waals surface area contributed by atoms with Gasteiger partial charge in [-0.3, -0.25) is 0 Å². The third-order valence-electron chi connectivity index (χ3n) is 5.05. The van der Waals surface area contributed by atoms with Crippen molar-refractivity contribution in [1.29, 1.82) is 0 Å². The van der Waals surface area contributed by atoms with Gasteiger partial charge in [0.15, 0.2) is 5.65 Å². The van der Waals surface area contributed by atoms with Crippen molar-refractivity contribution in [2.45, 2.75) is 20.8 Å². The Labute approximate surface area is 171 Å². The minimum absolute atomic E-state index is 0.380. The summed E-state index contributed by atoms with van der Waals surface area (Å²) in [6.07, 6.45) is 3.14. The minimum atomic E-state index is -0.392. The van der Waals surface area contributed by atoms with Crippen LogP contribution in [0.15, 0.2) is 64.2 Å². The lowest BCUT2D eigenvalue weighted by atomic mass is 10.1. The minimum Gasteiger partial charge on any atom is -0.438 e. The van der Waals surface area contributed by atoms with E-state index in [-0.39, 0.29) is 0 Å². The number of aromatic nitrogens is 4. The van der Waals surface area contributed by atoms with Crippen LogP contribution in [0.3, 0.4) is 0 Å². The molecule has 0 radical (unpaired) electrons. The van der Waals surface area contributed by atoms with E-state index in [1.54, 1.807) is 16.9 Å². The molecule has 7 nitrogen and oxygen atoms in total. The fraction of sp³-hybridized carbons (Fsp3) is 0.130. The van der Waals surface area contributed by atoms with Crippen LogP contribution in [0.4, 0.5) is 0 Å². The highest BCUT2D eigenvalue weighted by Gasteiger charge is 2.15. The van der Waals surface area contributed by atoms with Crippen LogP contribution in [0.1, 0.15) is 16.7 Å². The average Bonchev–Trinajstić information content (AvgIpc) is 3.12. The van der Waals surface area contributed by atoms with Crippen molar-refractivity contribution in [3.63, 3.8) is 0 Å². The molecule has 0 aliphatic carbocycles. The normalized spacial score (nSPS) is 11.3. The third-order valence-corrected chi connectivity index (χ3v) is 5.05. The molecule has 0 bridgehead atoms. The Balaban J connectivity index is 1.58. The molecule has 30 heavy (non-hydrogen) atoms. The molecule has 0 aliphatic heterocycles. The number of aryl methyl sites for hydroxylation is 3. The van der Waals surface area contributed by atoms with Gasteiger partial charge in [-0.25, -0.2) is 19.4 Å². The second-order valence-electron chi connectivity index (χ2n) is 7.27. The third kappa shape index (κ3) is 3.00. The largest absolute Gasteiger partial charge is 0.438 e. The molecule has 0 saturated carbocycles. The number of nitrogens with zero attached hydrogens (tertiary/aromatic N) is 4. The standard InChI is InChI=1S/C23H18N4O3/c1-13-4-7-19(15(3)8-13)27-22-18(11-26-27)23(25-12-24-22)29-16-5-6-17-14(2)9-21(28)30-20(17)10-16/h4-12H,1-3H3. The Hall–Kier alpha value is -4.00. The molecule has 5 rings (SSSR count). The van der Waals surface area contributed by atoms with E-state index in [1.807, 2.05) is 38.1 Å². The van der Waals surface area contributed by atoms with Gasteiger partial charge in [0.25, 0.3) is 0 Å². The predicted molar refractivity (Wildman–Crippen MR) is 113 cm³/mol. The van der Waals surface area contributed by atoms with Gasteiger partial charge in [-0.2, -0.15) is 5.10 Å². The van der Waals surface area contributed by atoms with E-state index in [1.165, 1.54) is 18.0 Å². The van der Waals surface area contributed by atoms with Gasteiger partial charge in [-0.15, -0.1) is 0 Å². The summed E-state index contributed by atoms with van der Waals surface area (Å²) in [7, 11) is 0. The van der Waals surface area contributed by atoms with Crippen LogP contribution >= 0.6 is 0 Å². The molecule has 0 aliphatic rings. The molecule has 0 N–H and O–H groups in total. The molecule has 7 heteroatoms. The molecule has 0 amide bonds. The zero-order valence-electron chi connectivity index (χ0n) is 16.7. The summed E-state index contributed by atoms with van der Waals surface area (Å²) < 4.78 is 13.1. The second-order valence-corrected chi connectivity index (χ2v) is 7.27. The number of fused-ring (bicyclic) bond motifs is 2. The fourth-order valence-electron chi connectivity index (χ4n) is 3.60. The number of ether oxygens (including phenoxy) is 1. The topological polar surface area (TPSA) is 83.0 Å². The van der Waals surface area contributed by atoms with Gasteiger partial charge in [0.1, 0.15) is 23.0 Å². The summed E-state index contributed by atoms with van der Waals surface area (Å²) in [5, 5.41) is 6.05. The van der Waals surface area contributed by atoms with Crippen LogP contribution in [0.2, 0.25) is 0 Å². The first-order chi connectivity index (χ1) is 14.5. The molecular weight excluding hydrogens is 380 g/mol. The summed E-state index contributed by atoms with van der Waals surface area (Å²) in [4.78, 5) is 20.4. The predicted octanol–water partition coefficient (Wildman–Crippen LogP) is 4.64. The van der Waals surface area contributed by atoms with Crippen molar-refractivity contribution in [2.75, 3.05) is 0 Å². The first kappa shape index (κ1) is 18.1. The highest BCUT2D eigenvalue weighted by atomic mass is 16.5. The lowest BCUT2D eigenvalue weighted by molar-refractivity contribution is 0.466. The van der Waals surface area contributed by atoms with Gasteiger partial charge in [-0.05, 0) is 50.1 Å².